The maximum Gasteiger partial charge on any atom is 0.234 e. The molecule has 0 bridgehead atoms. The SMILES string of the molecule is C/C=C/CC(C)CC(C(N)=O)N(C)C. The second kappa shape index (κ2) is 6.60. The summed E-state index contributed by atoms with van der Waals surface area (Å²) in [6.45, 7) is 4.14. The monoisotopic (exact) mass is 198 g/mol. The quantitative estimate of drug-likeness (QED) is 0.656. The highest BCUT2D eigenvalue weighted by Crippen LogP contribution is 2.13. The molecule has 82 valence electrons. The fraction of sp³-hybridized carbons (Fsp3) is 0.727. The molecule has 2 unspecified atom stereocenters. The van der Waals surface area contributed by atoms with E-state index < -0.39 is 0 Å². The van der Waals surface area contributed by atoms with Crippen molar-refractivity contribution >= 4 is 5.91 Å². The standard InChI is InChI=1S/C11H22N2O/c1-5-6-7-9(2)8-10(11(12)14)13(3)4/h5-6,9-10H,7-8H2,1-4H3,(H2,12,14)/b6-5+. The third kappa shape index (κ3) is 5.02. The van der Waals surface area contributed by atoms with Gasteiger partial charge in [0, 0.05) is 0 Å². The van der Waals surface area contributed by atoms with Gasteiger partial charge in [0.2, 0.25) is 5.91 Å². The molecule has 1 amide bonds. The highest BCUT2D eigenvalue weighted by molar-refractivity contribution is 5.79. The zero-order valence-corrected chi connectivity index (χ0v) is 9.66. The molecule has 0 fully saturated rings. The number of likely N-dealkylation sites (N-methyl/N-ethyl adjacent to an activating group) is 1. The molecule has 14 heavy (non-hydrogen) atoms. The van der Waals surface area contributed by atoms with Crippen LogP contribution < -0.4 is 5.73 Å². The summed E-state index contributed by atoms with van der Waals surface area (Å²) in [7, 11) is 3.77. The predicted molar refractivity (Wildman–Crippen MR) is 59.9 cm³/mol. The van der Waals surface area contributed by atoms with Gasteiger partial charge < -0.3 is 5.73 Å². The van der Waals surface area contributed by atoms with Crippen LogP contribution >= 0.6 is 0 Å². The molecule has 0 radical (unpaired) electrons. The molecule has 0 rings (SSSR count). The van der Waals surface area contributed by atoms with Crippen LogP contribution in [0.25, 0.3) is 0 Å². The molecule has 0 aliphatic carbocycles. The Balaban J connectivity index is 4.09. The van der Waals surface area contributed by atoms with Gasteiger partial charge in [-0.1, -0.05) is 19.1 Å². The number of nitrogens with zero attached hydrogens (tertiary/aromatic N) is 1. The van der Waals surface area contributed by atoms with Crippen molar-refractivity contribution in [2.75, 3.05) is 14.1 Å². The summed E-state index contributed by atoms with van der Waals surface area (Å²) >= 11 is 0. The Morgan fingerprint density at radius 2 is 2.07 bits per heavy atom. The summed E-state index contributed by atoms with van der Waals surface area (Å²) in [5.41, 5.74) is 5.32. The number of nitrogens with two attached hydrogens (primary N) is 1. The summed E-state index contributed by atoms with van der Waals surface area (Å²) in [5, 5.41) is 0. The fourth-order valence-corrected chi connectivity index (χ4v) is 1.43. The molecule has 0 heterocycles. The Morgan fingerprint density at radius 3 is 2.43 bits per heavy atom. The smallest absolute Gasteiger partial charge is 0.234 e. The molecule has 2 atom stereocenters. The summed E-state index contributed by atoms with van der Waals surface area (Å²) in [6.07, 6.45) is 5.99. The maximum absolute atomic E-state index is 11.1. The van der Waals surface area contributed by atoms with Crippen LogP contribution in [0, 0.1) is 5.92 Å². The molecule has 0 aliphatic heterocycles. The van der Waals surface area contributed by atoms with Crippen molar-refractivity contribution < 1.29 is 4.79 Å². The number of primary amides is 1. The largest absolute Gasteiger partial charge is 0.368 e. The predicted octanol–water partition coefficient (Wildman–Crippen LogP) is 1.39. The molecule has 0 aromatic heterocycles. The Labute approximate surface area is 87.0 Å². The van der Waals surface area contributed by atoms with Crippen molar-refractivity contribution in [3.8, 4) is 0 Å². The molecule has 2 N–H and O–H groups in total. The molecule has 0 saturated carbocycles. The number of hydrogen-bond donors (Lipinski definition) is 1. The lowest BCUT2D eigenvalue weighted by Crippen LogP contribution is -2.41. The Kier molecular flexibility index (Phi) is 6.21. The van der Waals surface area contributed by atoms with E-state index in [0.29, 0.717) is 5.92 Å². The van der Waals surface area contributed by atoms with Crippen LogP contribution in [0.5, 0.6) is 0 Å². The second-order valence-electron chi connectivity index (χ2n) is 4.03. The molecular weight excluding hydrogens is 176 g/mol. The van der Waals surface area contributed by atoms with Crippen LogP contribution in [0.4, 0.5) is 0 Å². The third-order valence-electron chi connectivity index (χ3n) is 2.35. The second-order valence-corrected chi connectivity index (χ2v) is 4.03. The third-order valence-corrected chi connectivity index (χ3v) is 2.35. The lowest BCUT2D eigenvalue weighted by molar-refractivity contribution is -0.122. The van der Waals surface area contributed by atoms with Crippen LogP contribution in [0.3, 0.4) is 0 Å². The number of allylic oxidation sites excluding steroid dienone is 2. The van der Waals surface area contributed by atoms with Gasteiger partial charge in [0.05, 0.1) is 6.04 Å². The number of carbonyl (C=O) groups excluding carboxylic acids is 1. The highest BCUT2D eigenvalue weighted by atomic mass is 16.1. The van der Waals surface area contributed by atoms with E-state index in [9.17, 15) is 4.79 Å². The van der Waals surface area contributed by atoms with Crippen molar-refractivity contribution in [2.24, 2.45) is 11.7 Å². The van der Waals surface area contributed by atoms with Crippen molar-refractivity contribution in [2.45, 2.75) is 32.7 Å². The fourth-order valence-electron chi connectivity index (χ4n) is 1.43. The van der Waals surface area contributed by atoms with Crippen molar-refractivity contribution in [3.05, 3.63) is 12.2 Å². The molecule has 0 aromatic rings. The summed E-state index contributed by atoms with van der Waals surface area (Å²) in [4.78, 5) is 13.0. The molecule has 0 saturated heterocycles. The van der Waals surface area contributed by atoms with E-state index in [-0.39, 0.29) is 11.9 Å². The lowest BCUT2D eigenvalue weighted by Gasteiger charge is -2.23. The van der Waals surface area contributed by atoms with Gasteiger partial charge in [-0.2, -0.15) is 0 Å². The topological polar surface area (TPSA) is 46.3 Å². The number of hydrogen-bond acceptors (Lipinski definition) is 2. The molecule has 3 nitrogen and oxygen atoms in total. The molecule has 0 aliphatic rings. The van der Waals surface area contributed by atoms with Crippen molar-refractivity contribution in [1.29, 1.82) is 0 Å². The van der Waals surface area contributed by atoms with Gasteiger partial charge in [-0.15, -0.1) is 0 Å². The Bertz CT molecular complexity index is 199. The van der Waals surface area contributed by atoms with Crippen LogP contribution in [0.1, 0.15) is 26.7 Å². The van der Waals surface area contributed by atoms with Gasteiger partial charge in [-0.25, -0.2) is 0 Å². The molecule has 0 spiro atoms. The first-order chi connectivity index (χ1) is 6.49. The van der Waals surface area contributed by atoms with E-state index in [1.807, 2.05) is 32.0 Å². The van der Waals surface area contributed by atoms with Crippen LogP contribution in [-0.4, -0.2) is 30.9 Å². The van der Waals surface area contributed by atoms with Crippen molar-refractivity contribution in [3.63, 3.8) is 0 Å². The first-order valence-electron chi connectivity index (χ1n) is 5.06. The van der Waals surface area contributed by atoms with Gasteiger partial charge >= 0.3 is 0 Å². The van der Waals surface area contributed by atoms with E-state index in [1.165, 1.54) is 0 Å². The maximum atomic E-state index is 11.1. The van der Waals surface area contributed by atoms with E-state index >= 15 is 0 Å². The number of carbonyl (C=O) groups is 1. The van der Waals surface area contributed by atoms with Gasteiger partial charge in [-0.05, 0) is 39.8 Å². The van der Waals surface area contributed by atoms with Gasteiger partial charge in [0.1, 0.15) is 0 Å². The van der Waals surface area contributed by atoms with E-state index in [4.69, 9.17) is 5.73 Å². The van der Waals surface area contributed by atoms with Gasteiger partial charge in [-0.3, -0.25) is 9.69 Å². The van der Waals surface area contributed by atoms with Crippen molar-refractivity contribution in [1.82, 2.24) is 4.90 Å². The molecule has 0 aromatic carbocycles. The summed E-state index contributed by atoms with van der Waals surface area (Å²) in [6, 6.07) is -0.143. The van der Waals surface area contributed by atoms with Crippen LogP contribution in [0.15, 0.2) is 12.2 Å². The minimum Gasteiger partial charge on any atom is -0.368 e. The highest BCUT2D eigenvalue weighted by Gasteiger charge is 2.19. The Morgan fingerprint density at radius 1 is 1.50 bits per heavy atom. The summed E-state index contributed by atoms with van der Waals surface area (Å²) < 4.78 is 0. The zero-order chi connectivity index (χ0) is 11.1. The minimum atomic E-state index is -0.234. The van der Waals surface area contributed by atoms with Crippen LogP contribution in [0.2, 0.25) is 0 Å². The summed E-state index contributed by atoms with van der Waals surface area (Å²) in [5.74, 6) is 0.258. The minimum absolute atomic E-state index is 0.143. The van der Waals surface area contributed by atoms with E-state index in [1.54, 1.807) is 0 Å². The average Bonchev–Trinajstić information content (AvgIpc) is 2.09. The Hall–Kier alpha value is -0.830. The van der Waals surface area contributed by atoms with Gasteiger partial charge in [0.15, 0.2) is 0 Å². The van der Waals surface area contributed by atoms with Crippen LogP contribution in [-0.2, 0) is 4.79 Å². The lowest BCUT2D eigenvalue weighted by atomic mass is 9.97. The molecule has 3 heteroatoms. The number of amides is 1. The van der Waals surface area contributed by atoms with E-state index in [2.05, 4.69) is 13.0 Å². The first kappa shape index (κ1) is 13.2. The normalized spacial score (nSPS) is 16.1. The zero-order valence-electron chi connectivity index (χ0n) is 9.66. The average molecular weight is 198 g/mol. The number of rotatable bonds is 6. The van der Waals surface area contributed by atoms with E-state index in [0.717, 1.165) is 12.8 Å². The molecular formula is C11H22N2O. The van der Waals surface area contributed by atoms with Gasteiger partial charge in [0.25, 0.3) is 0 Å². The first-order valence-corrected chi connectivity index (χ1v) is 5.06.